The number of nitrogens with one attached hydrogen (secondary N) is 2. The van der Waals surface area contributed by atoms with Crippen LogP contribution in [0.2, 0.25) is 0 Å². The van der Waals surface area contributed by atoms with Crippen LogP contribution in [0.5, 0.6) is 0 Å². The Morgan fingerprint density at radius 1 is 1.31 bits per heavy atom. The first-order valence-electron chi connectivity index (χ1n) is 9.71. The maximum atomic E-state index is 12.6. The molecule has 1 aliphatic heterocycles. The van der Waals surface area contributed by atoms with Gasteiger partial charge in [-0.25, -0.2) is 4.98 Å². The van der Waals surface area contributed by atoms with Gasteiger partial charge < -0.3 is 15.5 Å². The highest BCUT2D eigenvalue weighted by Crippen LogP contribution is 2.29. The van der Waals surface area contributed by atoms with Gasteiger partial charge in [0.2, 0.25) is 5.91 Å². The Balaban J connectivity index is 0.00000420. The Labute approximate surface area is 190 Å². The molecule has 166 valence electrons. The van der Waals surface area contributed by atoms with Gasteiger partial charge in [0, 0.05) is 50.9 Å². The molecule has 29 heavy (non-hydrogen) atoms. The first-order chi connectivity index (χ1) is 13.4. The largest absolute Gasteiger partial charge is 0.434 e. The number of amides is 1. The van der Waals surface area contributed by atoms with Gasteiger partial charge in [0.05, 0.1) is 5.01 Å². The first-order valence-corrected chi connectivity index (χ1v) is 10.6. The monoisotopic (exact) mass is 547 g/mol. The van der Waals surface area contributed by atoms with E-state index in [2.05, 4.69) is 20.6 Å². The smallest absolute Gasteiger partial charge is 0.357 e. The van der Waals surface area contributed by atoms with Crippen molar-refractivity contribution in [1.82, 2.24) is 20.5 Å². The number of thiazole rings is 1. The lowest BCUT2D eigenvalue weighted by Gasteiger charge is -2.20. The van der Waals surface area contributed by atoms with Gasteiger partial charge in [-0.05, 0) is 26.2 Å². The number of rotatable bonds is 8. The summed E-state index contributed by atoms with van der Waals surface area (Å²) in [5, 5.41) is 7.72. The molecule has 2 N–H and O–H groups in total. The summed E-state index contributed by atoms with van der Waals surface area (Å²) in [5.74, 6) is 0.852. The highest BCUT2D eigenvalue weighted by atomic mass is 127. The van der Waals surface area contributed by atoms with Crippen molar-refractivity contribution in [3.63, 3.8) is 0 Å². The summed E-state index contributed by atoms with van der Waals surface area (Å²) in [6, 6.07) is 0. The minimum atomic E-state index is -4.40. The van der Waals surface area contributed by atoms with Crippen LogP contribution in [0.4, 0.5) is 13.2 Å². The molecule has 2 heterocycles. The second-order valence-corrected chi connectivity index (χ2v) is 7.55. The summed E-state index contributed by atoms with van der Waals surface area (Å²) in [4.78, 5) is 22.0. The van der Waals surface area contributed by atoms with Gasteiger partial charge in [0.25, 0.3) is 0 Å². The van der Waals surface area contributed by atoms with Crippen LogP contribution in [0.1, 0.15) is 49.7 Å². The number of nitrogens with zero attached hydrogens (tertiary/aromatic N) is 3. The molecule has 0 spiro atoms. The Morgan fingerprint density at radius 3 is 2.79 bits per heavy atom. The molecule has 0 atom stereocenters. The van der Waals surface area contributed by atoms with Gasteiger partial charge in [0.1, 0.15) is 0 Å². The lowest BCUT2D eigenvalue weighted by atomic mass is 10.2. The maximum absolute atomic E-state index is 12.6. The van der Waals surface area contributed by atoms with Crippen LogP contribution < -0.4 is 10.6 Å². The molecular formula is C18H29F3IN5OS. The van der Waals surface area contributed by atoms with Crippen LogP contribution in [-0.2, 0) is 17.4 Å². The van der Waals surface area contributed by atoms with E-state index in [0.29, 0.717) is 50.0 Å². The third-order valence-corrected chi connectivity index (χ3v) is 5.25. The van der Waals surface area contributed by atoms with Crippen molar-refractivity contribution in [2.24, 2.45) is 4.99 Å². The van der Waals surface area contributed by atoms with E-state index in [9.17, 15) is 18.0 Å². The van der Waals surface area contributed by atoms with Gasteiger partial charge in [-0.2, -0.15) is 13.2 Å². The number of hydrogen-bond acceptors (Lipinski definition) is 4. The van der Waals surface area contributed by atoms with Gasteiger partial charge in [-0.15, -0.1) is 35.3 Å². The highest BCUT2D eigenvalue weighted by Gasteiger charge is 2.33. The highest BCUT2D eigenvalue weighted by molar-refractivity contribution is 14.0. The van der Waals surface area contributed by atoms with Crippen LogP contribution in [0.3, 0.4) is 0 Å². The molecule has 1 amide bonds. The van der Waals surface area contributed by atoms with Crippen molar-refractivity contribution in [1.29, 1.82) is 0 Å². The molecule has 0 unspecified atom stereocenters. The minimum absolute atomic E-state index is 0. The molecule has 1 aliphatic rings. The van der Waals surface area contributed by atoms with Gasteiger partial charge in [0.15, 0.2) is 11.7 Å². The van der Waals surface area contributed by atoms with Crippen molar-refractivity contribution in [2.75, 3.05) is 32.7 Å². The quantitative estimate of drug-likeness (QED) is 0.226. The maximum Gasteiger partial charge on any atom is 0.434 e. The standard InChI is InChI=1S/C18H28F3N5OS.HI/c1-2-22-17(23-9-6-12-26-11-5-3-4-7-16(26)27)24-10-8-15-25-14(13-28-15)18(19,20)21;/h13H,2-12H2,1H3,(H2,22,23,24);1H. The second kappa shape index (κ2) is 13.2. The fourth-order valence-electron chi connectivity index (χ4n) is 2.91. The molecule has 0 aromatic carbocycles. The van der Waals surface area contributed by atoms with E-state index >= 15 is 0 Å². The topological polar surface area (TPSA) is 69.6 Å². The third-order valence-electron chi connectivity index (χ3n) is 4.35. The number of likely N-dealkylation sites (tertiary alicyclic amines) is 1. The second-order valence-electron chi connectivity index (χ2n) is 6.61. The van der Waals surface area contributed by atoms with Crippen molar-refractivity contribution < 1.29 is 18.0 Å². The van der Waals surface area contributed by atoms with Gasteiger partial charge >= 0.3 is 6.18 Å². The summed E-state index contributed by atoms with van der Waals surface area (Å²) in [5.41, 5.74) is -0.837. The summed E-state index contributed by atoms with van der Waals surface area (Å²) in [7, 11) is 0. The predicted molar refractivity (Wildman–Crippen MR) is 120 cm³/mol. The molecule has 0 radical (unpaired) electrons. The first kappa shape index (κ1) is 25.9. The van der Waals surface area contributed by atoms with Crippen molar-refractivity contribution in [2.45, 2.75) is 51.6 Å². The molecule has 2 rings (SSSR count). The number of guanidine groups is 1. The van der Waals surface area contributed by atoms with Crippen LogP contribution in [0.15, 0.2) is 10.4 Å². The molecular weight excluding hydrogens is 518 g/mol. The predicted octanol–water partition coefficient (Wildman–Crippen LogP) is 3.67. The molecule has 11 heteroatoms. The third kappa shape index (κ3) is 9.49. The summed E-state index contributed by atoms with van der Waals surface area (Å²) < 4.78 is 37.7. The average Bonchev–Trinajstić information content (AvgIpc) is 3.03. The van der Waals surface area contributed by atoms with E-state index in [-0.39, 0.29) is 29.9 Å². The van der Waals surface area contributed by atoms with Crippen LogP contribution in [0, 0.1) is 0 Å². The zero-order chi connectivity index (χ0) is 20.4. The molecule has 1 fully saturated rings. The molecule has 1 aromatic heterocycles. The van der Waals surface area contributed by atoms with E-state index in [0.717, 1.165) is 48.9 Å². The van der Waals surface area contributed by atoms with E-state index in [1.807, 2.05) is 11.8 Å². The molecule has 0 saturated carbocycles. The number of carbonyl (C=O) groups excluding carboxylic acids is 1. The molecule has 0 bridgehead atoms. The van der Waals surface area contributed by atoms with Gasteiger partial charge in [-0.3, -0.25) is 9.79 Å². The van der Waals surface area contributed by atoms with E-state index in [4.69, 9.17) is 0 Å². The number of hydrogen-bond donors (Lipinski definition) is 2. The van der Waals surface area contributed by atoms with Crippen molar-refractivity contribution in [3.05, 3.63) is 16.1 Å². The molecule has 1 saturated heterocycles. The number of halogens is 4. The van der Waals surface area contributed by atoms with E-state index in [1.165, 1.54) is 0 Å². The van der Waals surface area contributed by atoms with E-state index < -0.39 is 11.9 Å². The summed E-state index contributed by atoms with van der Waals surface area (Å²) in [6.45, 7) is 5.20. The minimum Gasteiger partial charge on any atom is -0.357 e. The SMILES string of the molecule is CCNC(=NCCCN1CCCCCC1=O)NCCc1nc(C(F)(F)F)cs1.I. The van der Waals surface area contributed by atoms with Crippen LogP contribution >= 0.6 is 35.3 Å². The zero-order valence-electron chi connectivity index (χ0n) is 16.6. The van der Waals surface area contributed by atoms with Crippen molar-refractivity contribution in [3.8, 4) is 0 Å². The van der Waals surface area contributed by atoms with E-state index in [1.54, 1.807) is 0 Å². The fourth-order valence-corrected chi connectivity index (χ4v) is 3.72. The lowest BCUT2D eigenvalue weighted by Crippen LogP contribution is -2.38. The Morgan fingerprint density at radius 2 is 2.10 bits per heavy atom. The summed E-state index contributed by atoms with van der Waals surface area (Å²) >= 11 is 1.01. The number of alkyl halides is 3. The number of aliphatic imine (C=N–C) groups is 1. The zero-order valence-corrected chi connectivity index (χ0v) is 19.7. The normalized spacial score (nSPS) is 15.7. The molecule has 0 aliphatic carbocycles. The van der Waals surface area contributed by atoms with Gasteiger partial charge in [-0.1, -0.05) is 6.42 Å². The Bertz CT molecular complexity index is 654. The van der Waals surface area contributed by atoms with Crippen molar-refractivity contribution >= 4 is 47.2 Å². The Kier molecular flexibility index (Phi) is 11.8. The lowest BCUT2D eigenvalue weighted by molar-refractivity contribution is -0.140. The molecule has 1 aromatic rings. The number of aromatic nitrogens is 1. The number of carbonyl (C=O) groups is 1. The molecule has 6 nitrogen and oxygen atoms in total. The average molecular weight is 547 g/mol. The van der Waals surface area contributed by atoms with Crippen LogP contribution in [0.25, 0.3) is 0 Å². The van der Waals surface area contributed by atoms with Crippen LogP contribution in [-0.4, -0.2) is 54.5 Å². The summed E-state index contributed by atoms with van der Waals surface area (Å²) in [6.07, 6.45) is 0.570. The Hall–Kier alpha value is -1.11. The fraction of sp³-hybridized carbons (Fsp3) is 0.722.